The highest BCUT2D eigenvalue weighted by Crippen LogP contribution is 2.14. The molecule has 1 aromatic heterocycles. The van der Waals surface area contributed by atoms with Crippen molar-refractivity contribution in [1.29, 1.82) is 0 Å². The smallest absolute Gasteiger partial charge is 0.296 e. The Hall–Kier alpha value is -0.620. The Bertz CT molecular complexity index is 413. The van der Waals surface area contributed by atoms with E-state index in [-0.39, 0.29) is 5.16 Å². The molecule has 0 amide bonds. The van der Waals surface area contributed by atoms with Gasteiger partial charge in [-0.2, -0.15) is 0 Å². The molecule has 7 heteroatoms. The molecule has 0 aromatic carbocycles. The molecule has 0 bridgehead atoms. The topological polar surface area (TPSA) is 64.8 Å². The molecule has 0 N–H and O–H groups in total. The van der Waals surface area contributed by atoms with Gasteiger partial charge in [0.25, 0.3) is 14.2 Å². The third kappa shape index (κ3) is 2.24. The highest BCUT2D eigenvalue weighted by molar-refractivity contribution is 8.13. The quantitative estimate of drug-likeness (QED) is 0.738. The Morgan fingerprint density at radius 3 is 2.43 bits per heavy atom. The van der Waals surface area contributed by atoms with Gasteiger partial charge in [0, 0.05) is 23.6 Å². The number of hydrogen-bond donors (Lipinski definition) is 0. The molecule has 14 heavy (non-hydrogen) atoms. The standard InChI is InChI=1S/C7H12ClN3O2S/c1-3-5-11-6(4-2)9-10-7(11)14(8,12)13/h3-5H2,1-2H3. The predicted octanol–water partition coefficient (Wildman–Crippen LogP) is 1.18. The van der Waals surface area contributed by atoms with E-state index in [4.69, 9.17) is 10.7 Å². The second-order valence-corrected chi connectivity index (χ2v) is 5.30. The molecule has 0 fully saturated rings. The van der Waals surface area contributed by atoms with Crippen LogP contribution in [0.1, 0.15) is 26.1 Å². The Morgan fingerprint density at radius 2 is 2.00 bits per heavy atom. The summed E-state index contributed by atoms with van der Waals surface area (Å²) in [6.07, 6.45) is 1.45. The van der Waals surface area contributed by atoms with Crippen LogP contribution in [0.25, 0.3) is 0 Å². The minimum Gasteiger partial charge on any atom is -0.301 e. The molecule has 0 spiro atoms. The number of hydrogen-bond acceptors (Lipinski definition) is 4. The number of aromatic nitrogens is 3. The van der Waals surface area contributed by atoms with Crippen LogP contribution in [0.3, 0.4) is 0 Å². The molecule has 1 heterocycles. The second kappa shape index (κ2) is 4.27. The lowest BCUT2D eigenvalue weighted by Gasteiger charge is -2.04. The first-order valence-electron chi connectivity index (χ1n) is 4.37. The zero-order valence-corrected chi connectivity index (χ0v) is 9.64. The summed E-state index contributed by atoms with van der Waals surface area (Å²) in [7, 11) is 1.44. The van der Waals surface area contributed by atoms with Crippen molar-refractivity contribution in [2.24, 2.45) is 0 Å². The van der Waals surface area contributed by atoms with Crippen LogP contribution in [0.2, 0.25) is 0 Å². The molecule has 0 aliphatic carbocycles. The summed E-state index contributed by atoms with van der Waals surface area (Å²) in [5, 5.41) is 7.18. The van der Waals surface area contributed by atoms with E-state index in [2.05, 4.69) is 10.2 Å². The molecule has 80 valence electrons. The molecule has 0 radical (unpaired) electrons. The van der Waals surface area contributed by atoms with Gasteiger partial charge in [0.2, 0.25) is 0 Å². The van der Waals surface area contributed by atoms with Gasteiger partial charge < -0.3 is 4.57 Å². The maximum Gasteiger partial charge on any atom is 0.296 e. The number of rotatable bonds is 4. The molecule has 0 aliphatic heterocycles. The van der Waals surface area contributed by atoms with Crippen LogP contribution in [0.15, 0.2) is 5.16 Å². The first kappa shape index (κ1) is 11.5. The van der Waals surface area contributed by atoms with Crippen LogP contribution in [0.4, 0.5) is 0 Å². The zero-order chi connectivity index (χ0) is 10.8. The lowest BCUT2D eigenvalue weighted by atomic mass is 10.4. The summed E-state index contributed by atoms with van der Waals surface area (Å²) < 4.78 is 23.7. The van der Waals surface area contributed by atoms with Crippen molar-refractivity contribution in [1.82, 2.24) is 14.8 Å². The van der Waals surface area contributed by atoms with E-state index in [0.29, 0.717) is 18.8 Å². The normalized spacial score (nSPS) is 11.9. The van der Waals surface area contributed by atoms with Crippen LogP contribution in [-0.2, 0) is 22.0 Å². The van der Waals surface area contributed by atoms with Gasteiger partial charge in [-0.3, -0.25) is 0 Å². The van der Waals surface area contributed by atoms with E-state index in [1.807, 2.05) is 13.8 Å². The number of halogens is 1. The summed E-state index contributed by atoms with van der Waals surface area (Å²) in [5.41, 5.74) is 0. The fraction of sp³-hybridized carbons (Fsp3) is 0.714. The molecule has 5 nitrogen and oxygen atoms in total. The molecule has 0 saturated heterocycles. The van der Waals surface area contributed by atoms with Crippen molar-refractivity contribution < 1.29 is 8.42 Å². The van der Waals surface area contributed by atoms with Gasteiger partial charge in [0.15, 0.2) is 0 Å². The molecular formula is C7H12ClN3O2S. The maximum atomic E-state index is 11.1. The van der Waals surface area contributed by atoms with Gasteiger partial charge in [-0.1, -0.05) is 13.8 Å². The highest BCUT2D eigenvalue weighted by Gasteiger charge is 2.20. The fourth-order valence-electron chi connectivity index (χ4n) is 1.21. The summed E-state index contributed by atoms with van der Waals surface area (Å²) in [6.45, 7) is 4.41. The summed E-state index contributed by atoms with van der Waals surface area (Å²) >= 11 is 0. The average Bonchev–Trinajstić information content (AvgIpc) is 2.47. The summed E-state index contributed by atoms with van der Waals surface area (Å²) in [6, 6.07) is 0. The Morgan fingerprint density at radius 1 is 1.36 bits per heavy atom. The molecule has 0 saturated carbocycles. The van der Waals surface area contributed by atoms with E-state index in [0.717, 1.165) is 6.42 Å². The molecule has 1 aromatic rings. The first-order valence-corrected chi connectivity index (χ1v) is 6.68. The van der Waals surface area contributed by atoms with Crippen molar-refractivity contribution in [3.8, 4) is 0 Å². The van der Waals surface area contributed by atoms with Crippen molar-refractivity contribution in [3.63, 3.8) is 0 Å². The highest BCUT2D eigenvalue weighted by atomic mass is 35.7. The Kier molecular flexibility index (Phi) is 3.49. The largest absolute Gasteiger partial charge is 0.301 e. The van der Waals surface area contributed by atoms with E-state index < -0.39 is 9.05 Å². The van der Waals surface area contributed by atoms with Gasteiger partial charge in [0.1, 0.15) is 5.82 Å². The molecule has 0 unspecified atom stereocenters. The van der Waals surface area contributed by atoms with E-state index in [9.17, 15) is 8.42 Å². The minimum absolute atomic E-state index is 0.155. The summed E-state index contributed by atoms with van der Waals surface area (Å²) in [5.74, 6) is 0.645. The van der Waals surface area contributed by atoms with Crippen molar-refractivity contribution in [2.75, 3.05) is 0 Å². The average molecular weight is 238 g/mol. The monoisotopic (exact) mass is 237 g/mol. The van der Waals surface area contributed by atoms with Gasteiger partial charge in [-0.25, -0.2) is 8.42 Å². The second-order valence-electron chi connectivity index (χ2n) is 2.84. The van der Waals surface area contributed by atoms with Crippen LogP contribution >= 0.6 is 10.7 Å². The van der Waals surface area contributed by atoms with Crippen LogP contribution in [0.5, 0.6) is 0 Å². The lowest BCUT2D eigenvalue weighted by molar-refractivity contribution is 0.557. The predicted molar refractivity (Wildman–Crippen MR) is 52.7 cm³/mol. The molecule has 0 atom stereocenters. The van der Waals surface area contributed by atoms with Gasteiger partial charge in [-0.05, 0) is 6.42 Å². The SMILES string of the molecule is CCCn1c(CC)nnc1S(=O)(=O)Cl. The summed E-state index contributed by atoms with van der Waals surface area (Å²) in [4.78, 5) is 0. The van der Waals surface area contributed by atoms with E-state index >= 15 is 0 Å². The third-order valence-electron chi connectivity index (χ3n) is 1.77. The number of nitrogens with zero attached hydrogens (tertiary/aromatic N) is 3. The van der Waals surface area contributed by atoms with E-state index in [1.54, 1.807) is 4.57 Å². The first-order chi connectivity index (χ1) is 6.50. The molecular weight excluding hydrogens is 226 g/mol. The lowest BCUT2D eigenvalue weighted by Crippen LogP contribution is -2.08. The third-order valence-corrected chi connectivity index (χ3v) is 2.93. The maximum absolute atomic E-state index is 11.1. The van der Waals surface area contributed by atoms with Gasteiger partial charge in [-0.15, -0.1) is 10.2 Å². The Balaban J connectivity index is 3.24. The van der Waals surface area contributed by atoms with Gasteiger partial charge in [0.05, 0.1) is 0 Å². The zero-order valence-electron chi connectivity index (χ0n) is 8.07. The molecule has 1 rings (SSSR count). The van der Waals surface area contributed by atoms with Crippen LogP contribution in [-0.4, -0.2) is 23.2 Å². The van der Waals surface area contributed by atoms with Crippen LogP contribution < -0.4 is 0 Å². The number of aryl methyl sites for hydroxylation is 1. The fourth-order valence-corrected chi connectivity index (χ4v) is 2.15. The van der Waals surface area contributed by atoms with Gasteiger partial charge >= 0.3 is 0 Å². The van der Waals surface area contributed by atoms with Crippen molar-refractivity contribution in [3.05, 3.63) is 5.82 Å². The van der Waals surface area contributed by atoms with Crippen molar-refractivity contribution in [2.45, 2.75) is 38.4 Å². The molecule has 0 aliphatic rings. The van der Waals surface area contributed by atoms with Crippen LogP contribution in [0, 0.1) is 0 Å². The van der Waals surface area contributed by atoms with E-state index in [1.165, 1.54) is 0 Å². The minimum atomic E-state index is -3.78. The Labute approximate surface area is 87.5 Å². The van der Waals surface area contributed by atoms with Crippen molar-refractivity contribution >= 4 is 19.7 Å².